The second-order valence-electron chi connectivity index (χ2n) is 4.73. The van der Waals surface area contributed by atoms with Gasteiger partial charge in [0, 0.05) is 11.4 Å². The molecule has 0 amide bonds. The summed E-state index contributed by atoms with van der Waals surface area (Å²) in [5.41, 5.74) is 1.55. The Labute approximate surface area is 111 Å². The maximum Gasteiger partial charge on any atom is 0.169 e. The van der Waals surface area contributed by atoms with Gasteiger partial charge in [-0.25, -0.2) is 4.98 Å². The Morgan fingerprint density at radius 2 is 2.11 bits per heavy atom. The number of imidazole rings is 1. The van der Waals surface area contributed by atoms with Gasteiger partial charge in [0.1, 0.15) is 16.4 Å². The van der Waals surface area contributed by atoms with Crippen molar-refractivity contribution in [2.75, 3.05) is 0 Å². The molecule has 3 nitrogen and oxygen atoms in total. The monoisotopic (exact) mass is 260 g/mol. The molecule has 0 aliphatic heterocycles. The van der Waals surface area contributed by atoms with Crippen molar-refractivity contribution >= 4 is 23.7 Å². The maximum atomic E-state index is 11.3. The van der Waals surface area contributed by atoms with Gasteiger partial charge in [-0.2, -0.15) is 0 Å². The highest BCUT2D eigenvalue weighted by Gasteiger charge is 2.19. The predicted molar refractivity (Wildman–Crippen MR) is 73.3 cm³/mol. The average molecular weight is 260 g/mol. The fourth-order valence-corrected chi connectivity index (χ4v) is 3.83. The number of rotatable bonds is 3. The van der Waals surface area contributed by atoms with Crippen LogP contribution in [0.15, 0.2) is 29.4 Å². The van der Waals surface area contributed by atoms with Crippen molar-refractivity contribution in [3.05, 3.63) is 30.1 Å². The molecule has 18 heavy (non-hydrogen) atoms. The molecule has 3 rings (SSSR count). The van der Waals surface area contributed by atoms with Gasteiger partial charge >= 0.3 is 0 Å². The molecule has 0 N–H and O–H groups in total. The second-order valence-corrected chi connectivity index (χ2v) is 6.02. The summed E-state index contributed by atoms with van der Waals surface area (Å²) in [6, 6.07) is 5.82. The van der Waals surface area contributed by atoms with Crippen LogP contribution in [0.5, 0.6) is 0 Å². The maximum absolute atomic E-state index is 11.3. The lowest BCUT2D eigenvalue weighted by molar-refractivity contribution is 0.111. The molecule has 2 aromatic heterocycles. The lowest BCUT2D eigenvalue weighted by atomic mass is 10.0. The van der Waals surface area contributed by atoms with E-state index in [0.29, 0.717) is 10.9 Å². The van der Waals surface area contributed by atoms with Gasteiger partial charge in [-0.05, 0) is 25.0 Å². The van der Waals surface area contributed by atoms with Gasteiger partial charge in [0.2, 0.25) is 0 Å². The van der Waals surface area contributed by atoms with Gasteiger partial charge < -0.3 is 0 Å². The number of carbonyl (C=O) groups is 1. The molecule has 2 aromatic rings. The minimum atomic E-state index is 0.627. The number of aldehydes is 1. The Morgan fingerprint density at radius 3 is 2.89 bits per heavy atom. The SMILES string of the molecule is O=Cc1c(SC2CCCCC2)nc2ccccn12. The molecule has 0 spiro atoms. The summed E-state index contributed by atoms with van der Waals surface area (Å²) in [6.07, 6.45) is 9.28. The summed E-state index contributed by atoms with van der Waals surface area (Å²) in [7, 11) is 0. The van der Waals surface area contributed by atoms with E-state index in [-0.39, 0.29) is 0 Å². The van der Waals surface area contributed by atoms with Crippen LogP contribution in [-0.4, -0.2) is 20.9 Å². The quantitative estimate of drug-likeness (QED) is 0.791. The zero-order chi connectivity index (χ0) is 12.4. The van der Waals surface area contributed by atoms with Gasteiger partial charge in [0.25, 0.3) is 0 Å². The van der Waals surface area contributed by atoms with Crippen LogP contribution in [0.25, 0.3) is 5.65 Å². The van der Waals surface area contributed by atoms with Crippen molar-refractivity contribution in [3.63, 3.8) is 0 Å². The van der Waals surface area contributed by atoms with E-state index in [1.807, 2.05) is 28.8 Å². The van der Waals surface area contributed by atoms with E-state index in [0.717, 1.165) is 17.0 Å². The van der Waals surface area contributed by atoms with E-state index >= 15 is 0 Å². The molecule has 94 valence electrons. The normalized spacial score (nSPS) is 17.1. The third kappa shape index (κ3) is 2.17. The molecule has 1 fully saturated rings. The Morgan fingerprint density at radius 1 is 1.28 bits per heavy atom. The molecule has 2 heterocycles. The molecule has 0 bridgehead atoms. The molecule has 0 saturated heterocycles. The smallest absolute Gasteiger partial charge is 0.169 e. The topological polar surface area (TPSA) is 34.4 Å². The van der Waals surface area contributed by atoms with E-state index in [4.69, 9.17) is 0 Å². The molecular formula is C14H16N2OS. The number of thioether (sulfide) groups is 1. The van der Waals surface area contributed by atoms with Crippen LogP contribution in [0.4, 0.5) is 0 Å². The lowest BCUT2D eigenvalue weighted by Crippen LogP contribution is -2.08. The first-order chi connectivity index (χ1) is 8.88. The molecule has 1 aliphatic carbocycles. The van der Waals surface area contributed by atoms with Crippen molar-refractivity contribution in [3.8, 4) is 0 Å². The molecule has 1 aliphatic rings. The van der Waals surface area contributed by atoms with E-state index in [1.54, 1.807) is 11.8 Å². The summed E-state index contributed by atoms with van der Waals surface area (Å²) < 4.78 is 1.87. The summed E-state index contributed by atoms with van der Waals surface area (Å²) >= 11 is 1.78. The van der Waals surface area contributed by atoms with Gasteiger partial charge in [0.05, 0.1) is 0 Å². The number of hydrogen-bond donors (Lipinski definition) is 0. The average Bonchev–Trinajstić information content (AvgIpc) is 2.77. The summed E-state index contributed by atoms with van der Waals surface area (Å²) in [5.74, 6) is 0. The fraction of sp³-hybridized carbons (Fsp3) is 0.429. The summed E-state index contributed by atoms with van der Waals surface area (Å²) in [5, 5.41) is 1.52. The highest BCUT2D eigenvalue weighted by Crippen LogP contribution is 2.34. The van der Waals surface area contributed by atoms with Crippen LogP contribution in [0.2, 0.25) is 0 Å². The Hall–Kier alpha value is -1.29. The third-order valence-electron chi connectivity index (χ3n) is 3.48. The van der Waals surface area contributed by atoms with Crippen LogP contribution in [0, 0.1) is 0 Å². The minimum absolute atomic E-state index is 0.627. The minimum Gasteiger partial charge on any atom is -0.296 e. The molecule has 0 atom stereocenters. The fourth-order valence-electron chi connectivity index (χ4n) is 2.53. The Kier molecular flexibility index (Phi) is 3.37. The molecular weight excluding hydrogens is 244 g/mol. The summed E-state index contributed by atoms with van der Waals surface area (Å²) in [4.78, 5) is 15.8. The van der Waals surface area contributed by atoms with Crippen molar-refractivity contribution < 1.29 is 4.79 Å². The number of carbonyl (C=O) groups excluding carboxylic acids is 1. The standard InChI is InChI=1S/C14H16N2OS/c17-10-12-14(18-11-6-2-1-3-7-11)15-13-8-4-5-9-16(12)13/h4-5,8-11H,1-3,6-7H2. The third-order valence-corrected chi connectivity index (χ3v) is 4.80. The number of hydrogen-bond acceptors (Lipinski definition) is 3. The Bertz CT molecular complexity index is 558. The van der Waals surface area contributed by atoms with Crippen LogP contribution in [0.1, 0.15) is 42.6 Å². The highest BCUT2D eigenvalue weighted by atomic mass is 32.2. The van der Waals surface area contributed by atoms with E-state index in [9.17, 15) is 4.79 Å². The number of fused-ring (bicyclic) bond motifs is 1. The van der Waals surface area contributed by atoms with Crippen LogP contribution in [0.3, 0.4) is 0 Å². The number of pyridine rings is 1. The number of aromatic nitrogens is 2. The van der Waals surface area contributed by atoms with Gasteiger partial charge in [-0.1, -0.05) is 25.3 Å². The molecule has 4 heteroatoms. The molecule has 0 unspecified atom stereocenters. The highest BCUT2D eigenvalue weighted by molar-refractivity contribution is 7.99. The molecule has 1 saturated carbocycles. The zero-order valence-electron chi connectivity index (χ0n) is 10.2. The van der Waals surface area contributed by atoms with Crippen molar-refractivity contribution in [1.29, 1.82) is 0 Å². The number of nitrogens with zero attached hydrogens (tertiary/aromatic N) is 2. The first kappa shape index (κ1) is 11.8. The molecule has 0 radical (unpaired) electrons. The second kappa shape index (κ2) is 5.14. The Balaban J connectivity index is 1.92. The summed E-state index contributed by atoms with van der Waals surface area (Å²) in [6.45, 7) is 0. The van der Waals surface area contributed by atoms with Crippen molar-refractivity contribution in [1.82, 2.24) is 9.38 Å². The lowest BCUT2D eigenvalue weighted by Gasteiger charge is -2.19. The van der Waals surface area contributed by atoms with Gasteiger partial charge in [0.15, 0.2) is 6.29 Å². The van der Waals surface area contributed by atoms with Crippen LogP contribution >= 0.6 is 11.8 Å². The van der Waals surface area contributed by atoms with E-state index in [2.05, 4.69) is 4.98 Å². The van der Waals surface area contributed by atoms with Crippen molar-refractivity contribution in [2.24, 2.45) is 0 Å². The zero-order valence-corrected chi connectivity index (χ0v) is 11.0. The first-order valence-electron chi connectivity index (χ1n) is 6.47. The van der Waals surface area contributed by atoms with Gasteiger partial charge in [-0.3, -0.25) is 9.20 Å². The van der Waals surface area contributed by atoms with Crippen LogP contribution in [-0.2, 0) is 0 Å². The first-order valence-corrected chi connectivity index (χ1v) is 7.35. The predicted octanol–water partition coefficient (Wildman–Crippen LogP) is 3.57. The van der Waals surface area contributed by atoms with Crippen molar-refractivity contribution in [2.45, 2.75) is 42.4 Å². The van der Waals surface area contributed by atoms with Gasteiger partial charge in [-0.15, -0.1) is 11.8 Å². The molecule has 0 aromatic carbocycles. The largest absolute Gasteiger partial charge is 0.296 e. The van der Waals surface area contributed by atoms with E-state index in [1.165, 1.54) is 32.1 Å². The van der Waals surface area contributed by atoms with Crippen LogP contribution < -0.4 is 0 Å². The van der Waals surface area contributed by atoms with E-state index < -0.39 is 0 Å².